The Kier molecular flexibility index (Phi) is 4.76. The van der Waals surface area contributed by atoms with E-state index in [2.05, 4.69) is 16.0 Å². The van der Waals surface area contributed by atoms with E-state index in [1.807, 2.05) is 24.3 Å². The molecule has 5 nitrogen and oxygen atoms in total. The third-order valence-corrected chi connectivity index (χ3v) is 4.45. The smallest absolute Gasteiger partial charge is 0.166 e. The molecule has 0 atom stereocenters. The summed E-state index contributed by atoms with van der Waals surface area (Å²) in [6.07, 6.45) is 3.24. The molecule has 0 spiro atoms. The number of carbonyl (C=O) groups excluding carboxylic acids is 1. The number of nitrogens with zero attached hydrogens (tertiary/aromatic N) is 3. The number of Topliss-reactive ketones (excluding diaryl/α,β-unsaturated/α-hetero) is 1. The molecule has 1 saturated heterocycles. The summed E-state index contributed by atoms with van der Waals surface area (Å²) in [4.78, 5) is 19.1. The number of pyridine rings is 1. The Morgan fingerprint density at radius 1 is 1.25 bits per heavy atom. The molecule has 3 rings (SSSR count). The monoisotopic (exact) mass is 321 g/mol. The normalized spacial score (nSPS) is 14.9. The van der Waals surface area contributed by atoms with E-state index in [4.69, 9.17) is 4.74 Å². The second-order valence-corrected chi connectivity index (χ2v) is 5.84. The molecule has 1 aromatic heterocycles. The third-order valence-electron chi connectivity index (χ3n) is 4.45. The average molecular weight is 321 g/mol. The van der Waals surface area contributed by atoms with Gasteiger partial charge in [-0.2, -0.15) is 5.26 Å². The van der Waals surface area contributed by atoms with E-state index in [-0.39, 0.29) is 11.7 Å². The van der Waals surface area contributed by atoms with Gasteiger partial charge in [-0.1, -0.05) is 0 Å². The molecule has 1 aliphatic rings. The van der Waals surface area contributed by atoms with Gasteiger partial charge in [0.15, 0.2) is 5.78 Å². The molecule has 2 heterocycles. The maximum absolute atomic E-state index is 12.6. The number of rotatable bonds is 4. The number of piperidine rings is 1. The second-order valence-electron chi connectivity index (χ2n) is 5.84. The second kappa shape index (κ2) is 7.14. The number of anilines is 1. The van der Waals surface area contributed by atoms with Gasteiger partial charge in [0.05, 0.1) is 12.7 Å². The van der Waals surface area contributed by atoms with E-state index in [0.717, 1.165) is 43.1 Å². The van der Waals surface area contributed by atoms with Crippen molar-refractivity contribution < 1.29 is 9.53 Å². The number of hydrogen-bond acceptors (Lipinski definition) is 5. The lowest BCUT2D eigenvalue weighted by atomic mass is 9.89. The Morgan fingerprint density at radius 3 is 2.58 bits per heavy atom. The maximum Gasteiger partial charge on any atom is 0.166 e. The van der Waals surface area contributed by atoms with Crippen LogP contribution in [-0.4, -0.2) is 31.0 Å². The molecule has 1 aliphatic heterocycles. The van der Waals surface area contributed by atoms with E-state index >= 15 is 0 Å². The molecule has 0 saturated carbocycles. The summed E-state index contributed by atoms with van der Waals surface area (Å²) < 4.78 is 5.13. The fraction of sp³-hybridized carbons (Fsp3) is 0.316. The number of aromatic nitrogens is 1. The summed E-state index contributed by atoms with van der Waals surface area (Å²) in [5.41, 5.74) is 1.31. The number of methoxy groups -OCH3 is 1. The molecule has 0 aliphatic carbocycles. The van der Waals surface area contributed by atoms with Crippen molar-refractivity contribution in [3.05, 3.63) is 53.7 Å². The lowest BCUT2D eigenvalue weighted by molar-refractivity contribution is 0.0900. The largest absolute Gasteiger partial charge is 0.497 e. The van der Waals surface area contributed by atoms with Crippen LogP contribution in [0.1, 0.15) is 28.8 Å². The fourth-order valence-electron chi connectivity index (χ4n) is 3.08. The first-order valence-corrected chi connectivity index (χ1v) is 8.01. The van der Waals surface area contributed by atoms with Gasteiger partial charge in [0.2, 0.25) is 0 Å². The minimum atomic E-state index is 0.0175. The summed E-state index contributed by atoms with van der Waals surface area (Å²) >= 11 is 0. The Morgan fingerprint density at radius 2 is 1.96 bits per heavy atom. The van der Waals surface area contributed by atoms with Crippen molar-refractivity contribution in [1.82, 2.24) is 4.98 Å². The van der Waals surface area contributed by atoms with Gasteiger partial charge in [-0.25, -0.2) is 4.98 Å². The van der Waals surface area contributed by atoms with Gasteiger partial charge >= 0.3 is 0 Å². The van der Waals surface area contributed by atoms with Crippen molar-refractivity contribution in [1.29, 1.82) is 5.26 Å². The number of ether oxygens (including phenoxy) is 1. The molecule has 0 bridgehead atoms. The van der Waals surface area contributed by atoms with E-state index in [1.54, 1.807) is 25.4 Å². The summed E-state index contributed by atoms with van der Waals surface area (Å²) in [5, 5.41) is 9.20. The molecular weight excluding hydrogens is 302 g/mol. The lowest BCUT2D eigenvalue weighted by Crippen LogP contribution is -2.37. The SMILES string of the molecule is COc1ccc(C(=O)C2CCN(c3ncccc3C#N)CC2)cc1. The highest BCUT2D eigenvalue weighted by atomic mass is 16.5. The predicted octanol–water partition coefficient (Wildman–Crippen LogP) is 3.06. The number of benzene rings is 1. The van der Waals surface area contributed by atoms with Gasteiger partial charge < -0.3 is 9.64 Å². The highest BCUT2D eigenvalue weighted by molar-refractivity contribution is 5.98. The summed E-state index contributed by atoms with van der Waals surface area (Å²) in [7, 11) is 1.61. The fourth-order valence-corrected chi connectivity index (χ4v) is 3.08. The van der Waals surface area contributed by atoms with E-state index < -0.39 is 0 Å². The van der Waals surface area contributed by atoms with Gasteiger partial charge in [0.1, 0.15) is 17.6 Å². The minimum Gasteiger partial charge on any atom is -0.497 e. The highest BCUT2D eigenvalue weighted by Gasteiger charge is 2.27. The van der Waals surface area contributed by atoms with Crippen molar-refractivity contribution in [3.8, 4) is 11.8 Å². The van der Waals surface area contributed by atoms with Crippen LogP contribution in [0.5, 0.6) is 5.75 Å². The van der Waals surface area contributed by atoms with Crippen molar-refractivity contribution in [2.75, 3.05) is 25.1 Å². The van der Waals surface area contributed by atoms with Gasteiger partial charge in [0.25, 0.3) is 0 Å². The molecule has 1 fully saturated rings. The molecule has 24 heavy (non-hydrogen) atoms. The van der Waals surface area contributed by atoms with Crippen molar-refractivity contribution in [3.63, 3.8) is 0 Å². The van der Waals surface area contributed by atoms with Crippen LogP contribution in [0.25, 0.3) is 0 Å². The summed E-state index contributed by atoms with van der Waals surface area (Å²) in [5.74, 6) is 1.67. The van der Waals surface area contributed by atoms with Gasteiger partial charge in [-0.05, 0) is 49.2 Å². The Hall–Kier alpha value is -2.87. The average Bonchev–Trinajstić information content (AvgIpc) is 2.67. The van der Waals surface area contributed by atoms with Crippen LogP contribution in [0.2, 0.25) is 0 Å². The number of hydrogen-bond donors (Lipinski definition) is 0. The first-order chi connectivity index (χ1) is 11.7. The summed E-state index contributed by atoms with van der Waals surface area (Å²) in [6.45, 7) is 1.47. The third kappa shape index (κ3) is 3.23. The van der Waals surface area contributed by atoms with Crippen LogP contribution in [0.3, 0.4) is 0 Å². The highest BCUT2D eigenvalue weighted by Crippen LogP contribution is 2.27. The standard InChI is InChI=1S/C19H19N3O2/c1-24-17-6-4-14(5-7-17)18(23)15-8-11-22(12-9-15)19-16(13-20)3-2-10-21-19/h2-7,10,15H,8-9,11-12H2,1H3. The van der Waals surface area contributed by atoms with Crippen LogP contribution in [-0.2, 0) is 0 Å². The number of nitriles is 1. The molecule has 0 amide bonds. The Balaban J connectivity index is 1.66. The van der Waals surface area contributed by atoms with Crippen molar-refractivity contribution in [2.24, 2.45) is 5.92 Å². The minimum absolute atomic E-state index is 0.0175. The maximum atomic E-state index is 12.6. The topological polar surface area (TPSA) is 66.2 Å². The van der Waals surface area contributed by atoms with Crippen LogP contribution in [0.4, 0.5) is 5.82 Å². The Bertz CT molecular complexity index is 757. The van der Waals surface area contributed by atoms with E-state index in [9.17, 15) is 10.1 Å². The molecular formula is C19H19N3O2. The number of ketones is 1. The predicted molar refractivity (Wildman–Crippen MR) is 91.2 cm³/mol. The molecule has 0 N–H and O–H groups in total. The molecule has 122 valence electrons. The molecule has 5 heteroatoms. The first-order valence-electron chi connectivity index (χ1n) is 8.01. The first kappa shape index (κ1) is 16.0. The molecule has 0 radical (unpaired) electrons. The number of carbonyl (C=O) groups is 1. The Labute approximate surface area is 141 Å². The zero-order valence-electron chi connectivity index (χ0n) is 13.6. The summed E-state index contributed by atoms with van der Waals surface area (Å²) in [6, 6.07) is 13.0. The van der Waals surface area contributed by atoms with Gasteiger partial charge in [-0.3, -0.25) is 4.79 Å². The van der Waals surface area contributed by atoms with Crippen molar-refractivity contribution >= 4 is 11.6 Å². The lowest BCUT2D eigenvalue weighted by Gasteiger charge is -2.32. The van der Waals surface area contributed by atoms with Crippen LogP contribution in [0, 0.1) is 17.2 Å². The quantitative estimate of drug-likeness (QED) is 0.810. The molecule has 1 aromatic carbocycles. The van der Waals surface area contributed by atoms with Gasteiger partial charge in [-0.15, -0.1) is 0 Å². The molecule has 2 aromatic rings. The van der Waals surface area contributed by atoms with Crippen LogP contribution < -0.4 is 9.64 Å². The zero-order valence-corrected chi connectivity index (χ0v) is 13.6. The van der Waals surface area contributed by atoms with Crippen LogP contribution in [0.15, 0.2) is 42.6 Å². The van der Waals surface area contributed by atoms with Crippen LogP contribution >= 0.6 is 0 Å². The van der Waals surface area contributed by atoms with E-state index in [1.165, 1.54) is 0 Å². The van der Waals surface area contributed by atoms with E-state index in [0.29, 0.717) is 5.56 Å². The zero-order chi connectivity index (χ0) is 16.9. The molecule has 0 unspecified atom stereocenters. The van der Waals surface area contributed by atoms with Gasteiger partial charge in [0, 0.05) is 30.8 Å². The van der Waals surface area contributed by atoms with Crippen molar-refractivity contribution in [2.45, 2.75) is 12.8 Å².